The normalized spacial score (nSPS) is 22.9. The first-order chi connectivity index (χ1) is 13.0. The van der Waals surface area contributed by atoms with Crippen LogP contribution in [0, 0.1) is 0 Å². The quantitative estimate of drug-likeness (QED) is 0.824. The molecule has 7 heteroatoms. The van der Waals surface area contributed by atoms with Crippen molar-refractivity contribution < 1.29 is 22.8 Å². The molecule has 2 fully saturated rings. The van der Waals surface area contributed by atoms with Gasteiger partial charge in [-0.25, -0.2) is 8.42 Å². The highest BCUT2D eigenvalue weighted by Gasteiger charge is 2.37. The number of hydrogen-bond donors (Lipinski definition) is 1. The maximum atomic E-state index is 13.1. The average molecular weight is 389 g/mol. The van der Waals surface area contributed by atoms with Crippen LogP contribution < -0.4 is 9.64 Å². The van der Waals surface area contributed by atoms with Crippen LogP contribution in [0.25, 0.3) is 10.8 Å². The van der Waals surface area contributed by atoms with E-state index in [1.165, 1.54) is 4.90 Å². The number of quaternary nitrogens is 1. The van der Waals surface area contributed by atoms with Gasteiger partial charge in [0.1, 0.15) is 17.5 Å². The van der Waals surface area contributed by atoms with Crippen LogP contribution in [0.1, 0.15) is 16.8 Å². The van der Waals surface area contributed by atoms with Crippen molar-refractivity contribution in [3.8, 4) is 5.75 Å². The van der Waals surface area contributed by atoms with Gasteiger partial charge in [0.15, 0.2) is 9.84 Å². The molecule has 144 valence electrons. The van der Waals surface area contributed by atoms with Gasteiger partial charge >= 0.3 is 0 Å². The lowest BCUT2D eigenvalue weighted by molar-refractivity contribution is -0.925. The molecule has 0 unspecified atom stereocenters. The number of nitrogens with zero attached hydrogens (tertiary/aromatic N) is 1. The number of sulfone groups is 1. The van der Waals surface area contributed by atoms with Gasteiger partial charge in [0.05, 0.1) is 44.6 Å². The van der Waals surface area contributed by atoms with E-state index in [1.807, 2.05) is 41.3 Å². The van der Waals surface area contributed by atoms with E-state index in [-0.39, 0.29) is 17.7 Å². The highest BCUT2D eigenvalue weighted by molar-refractivity contribution is 7.91. The van der Waals surface area contributed by atoms with E-state index in [4.69, 9.17) is 4.74 Å². The number of amides is 1. The minimum Gasteiger partial charge on any atom is -0.496 e. The molecule has 0 aromatic heterocycles. The summed E-state index contributed by atoms with van der Waals surface area (Å²) in [5, 5.41) is 2.06. The molecule has 6 nitrogen and oxygen atoms in total. The summed E-state index contributed by atoms with van der Waals surface area (Å²) >= 11 is 0. The second-order valence-corrected chi connectivity index (χ2v) is 9.68. The Bertz CT molecular complexity index is 965. The average Bonchev–Trinajstić information content (AvgIpc) is 3.06. The van der Waals surface area contributed by atoms with Crippen molar-refractivity contribution in [2.75, 3.05) is 44.8 Å². The van der Waals surface area contributed by atoms with Crippen molar-refractivity contribution in [1.29, 1.82) is 0 Å². The Morgan fingerprint density at radius 3 is 2.41 bits per heavy atom. The third-order valence-electron chi connectivity index (χ3n) is 5.80. The summed E-state index contributed by atoms with van der Waals surface area (Å²) in [6.45, 7) is 2.87. The number of nitrogens with one attached hydrogen (secondary N) is 1. The monoisotopic (exact) mass is 389 g/mol. The summed E-state index contributed by atoms with van der Waals surface area (Å²) in [7, 11) is -1.28. The molecule has 0 saturated carbocycles. The molecule has 2 aromatic carbocycles. The lowest BCUT2D eigenvalue weighted by Gasteiger charge is -2.35. The first-order valence-electron chi connectivity index (χ1n) is 9.38. The number of piperazine rings is 1. The third kappa shape index (κ3) is 3.66. The predicted molar refractivity (Wildman–Crippen MR) is 104 cm³/mol. The van der Waals surface area contributed by atoms with Crippen molar-refractivity contribution in [1.82, 2.24) is 4.90 Å². The van der Waals surface area contributed by atoms with E-state index in [9.17, 15) is 13.2 Å². The van der Waals surface area contributed by atoms with Gasteiger partial charge in [-0.2, -0.15) is 0 Å². The van der Waals surface area contributed by atoms with Gasteiger partial charge in [0.2, 0.25) is 0 Å². The van der Waals surface area contributed by atoms with E-state index in [1.54, 1.807) is 7.11 Å². The SMILES string of the molecule is COc1cc2ccccc2cc1C(=O)N1CC[NH+]([C@H]2CCS(=O)(=O)C2)CC1. The Balaban J connectivity index is 1.49. The van der Waals surface area contributed by atoms with E-state index in [0.29, 0.717) is 30.2 Å². The number of fused-ring (bicyclic) bond motifs is 1. The fraction of sp³-hybridized carbons (Fsp3) is 0.450. The maximum Gasteiger partial charge on any atom is 0.258 e. The summed E-state index contributed by atoms with van der Waals surface area (Å²) in [5.41, 5.74) is 0.586. The largest absolute Gasteiger partial charge is 0.496 e. The summed E-state index contributed by atoms with van der Waals surface area (Å²) in [6.07, 6.45) is 0.740. The van der Waals surface area contributed by atoms with Crippen LogP contribution in [0.5, 0.6) is 5.75 Å². The minimum absolute atomic E-state index is 0.0179. The highest BCUT2D eigenvalue weighted by atomic mass is 32.2. The Morgan fingerprint density at radius 1 is 1.15 bits per heavy atom. The lowest BCUT2D eigenvalue weighted by Crippen LogP contribution is -3.18. The zero-order valence-electron chi connectivity index (χ0n) is 15.5. The number of carbonyl (C=O) groups is 1. The second kappa shape index (κ2) is 7.13. The zero-order valence-corrected chi connectivity index (χ0v) is 16.3. The molecule has 1 amide bonds. The molecular formula is C20H25N2O4S+. The summed E-state index contributed by atoms with van der Waals surface area (Å²) in [4.78, 5) is 16.3. The number of rotatable bonds is 3. The van der Waals surface area contributed by atoms with Gasteiger partial charge in [0, 0.05) is 6.42 Å². The van der Waals surface area contributed by atoms with Crippen molar-refractivity contribution in [2.24, 2.45) is 0 Å². The maximum absolute atomic E-state index is 13.1. The molecule has 0 radical (unpaired) electrons. The molecule has 4 rings (SSSR count). The molecule has 0 spiro atoms. The standard InChI is InChI=1S/C20H24N2O4S/c1-26-19-13-16-5-3-2-4-15(16)12-18(19)20(23)22-9-7-21(8-10-22)17-6-11-27(24,25)14-17/h2-5,12-13,17H,6-11,14H2,1H3/p+1/t17-/m0/s1. The number of benzene rings is 2. The number of carbonyl (C=O) groups excluding carboxylic acids is 1. The molecule has 2 aromatic rings. The molecule has 1 atom stereocenters. The summed E-state index contributed by atoms with van der Waals surface area (Å²) < 4.78 is 28.9. The van der Waals surface area contributed by atoms with Crippen molar-refractivity contribution in [2.45, 2.75) is 12.5 Å². The number of ether oxygens (including phenoxy) is 1. The van der Waals surface area contributed by atoms with Gasteiger partial charge in [-0.3, -0.25) is 4.79 Å². The zero-order chi connectivity index (χ0) is 19.0. The molecule has 2 heterocycles. The van der Waals surface area contributed by atoms with Crippen molar-refractivity contribution in [3.63, 3.8) is 0 Å². The van der Waals surface area contributed by atoms with Crippen molar-refractivity contribution in [3.05, 3.63) is 42.0 Å². The molecular weight excluding hydrogens is 364 g/mol. The van der Waals surface area contributed by atoms with Crippen molar-refractivity contribution >= 4 is 26.5 Å². The fourth-order valence-electron chi connectivity index (χ4n) is 4.25. The van der Waals surface area contributed by atoms with Gasteiger partial charge in [0.25, 0.3) is 5.91 Å². The van der Waals surface area contributed by atoms with E-state index in [2.05, 4.69) is 0 Å². The predicted octanol–water partition coefficient (Wildman–Crippen LogP) is 0.376. The molecule has 0 bridgehead atoms. The van der Waals surface area contributed by atoms with E-state index >= 15 is 0 Å². The molecule has 2 aliphatic heterocycles. The van der Waals surface area contributed by atoms with Crippen LogP contribution in [-0.4, -0.2) is 70.1 Å². The molecule has 2 aliphatic rings. The van der Waals surface area contributed by atoms with Gasteiger partial charge in [-0.1, -0.05) is 24.3 Å². The summed E-state index contributed by atoms with van der Waals surface area (Å²) in [6, 6.07) is 11.9. The van der Waals surface area contributed by atoms with Crippen LogP contribution in [0.2, 0.25) is 0 Å². The van der Waals surface area contributed by atoms with Gasteiger partial charge < -0.3 is 14.5 Å². The van der Waals surface area contributed by atoms with Crippen LogP contribution in [0.3, 0.4) is 0 Å². The Labute approximate surface area is 159 Å². The number of methoxy groups -OCH3 is 1. The molecule has 1 N–H and O–H groups in total. The van der Waals surface area contributed by atoms with Crippen LogP contribution in [0.15, 0.2) is 36.4 Å². The topological polar surface area (TPSA) is 68.1 Å². The highest BCUT2D eigenvalue weighted by Crippen LogP contribution is 2.27. The smallest absolute Gasteiger partial charge is 0.258 e. The molecule has 0 aliphatic carbocycles. The first kappa shape index (κ1) is 18.3. The lowest BCUT2D eigenvalue weighted by atomic mass is 10.0. The minimum atomic E-state index is -2.87. The van der Waals surface area contributed by atoms with E-state index < -0.39 is 9.84 Å². The van der Waals surface area contributed by atoms with Crippen LogP contribution in [-0.2, 0) is 9.84 Å². The second-order valence-electron chi connectivity index (χ2n) is 7.45. The van der Waals surface area contributed by atoms with Gasteiger partial charge in [-0.05, 0) is 22.9 Å². The number of hydrogen-bond acceptors (Lipinski definition) is 4. The molecule has 27 heavy (non-hydrogen) atoms. The Kier molecular flexibility index (Phi) is 4.82. The Hall–Kier alpha value is -2.12. The third-order valence-corrected chi connectivity index (χ3v) is 7.57. The summed E-state index contributed by atoms with van der Waals surface area (Å²) in [5.74, 6) is 1.17. The Morgan fingerprint density at radius 2 is 1.81 bits per heavy atom. The van der Waals surface area contributed by atoms with Crippen LogP contribution in [0.4, 0.5) is 0 Å². The molecule has 2 saturated heterocycles. The van der Waals surface area contributed by atoms with E-state index in [0.717, 1.165) is 30.3 Å². The van der Waals surface area contributed by atoms with Gasteiger partial charge in [-0.15, -0.1) is 0 Å². The fourth-order valence-corrected chi connectivity index (χ4v) is 6.07. The van der Waals surface area contributed by atoms with Crippen LogP contribution >= 0.6 is 0 Å². The first-order valence-corrected chi connectivity index (χ1v) is 11.2.